The van der Waals surface area contributed by atoms with Crippen LogP contribution < -0.4 is 10.1 Å². The largest absolute Gasteiger partial charge is 0.454 e. The number of nitrogens with one attached hydrogen (secondary N) is 1. The Kier molecular flexibility index (Phi) is 7.69. The molecule has 2 aromatic rings. The van der Waals surface area contributed by atoms with Crippen LogP contribution >= 0.6 is 11.6 Å². The Balaban J connectivity index is 1.79. The van der Waals surface area contributed by atoms with Crippen LogP contribution in [0.1, 0.15) is 56.0 Å². The second-order valence-corrected chi connectivity index (χ2v) is 9.80. The first-order valence-electron chi connectivity index (χ1n) is 11.2. The van der Waals surface area contributed by atoms with Crippen molar-refractivity contribution in [1.29, 1.82) is 5.26 Å². The first-order chi connectivity index (χ1) is 15.6. The molecule has 0 bridgehead atoms. The third-order valence-electron chi connectivity index (χ3n) is 7.46. The number of nitrogens with zero attached hydrogens (tertiary/aromatic N) is 2. The quantitative estimate of drug-likeness (QED) is 0.596. The number of benzene rings is 2. The number of ether oxygens (including phenoxy) is 1. The van der Waals surface area contributed by atoms with Crippen LogP contribution in [0.25, 0.3) is 0 Å². The highest BCUT2D eigenvalue weighted by Gasteiger charge is 2.51. The molecule has 1 aliphatic heterocycles. The van der Waals surface area contributed by atoms with Gasteiger partial charge in [0, 0.05) is 35.7 Å². The monoisotopic (exact) mass is 469 g/mol. The van der Waals surface area contributed by atoms with Crippen molar-refractivity contribution in [3.05, 3.63) is 58.6 Å². The number of amides is 1. The first-order valence-corrected chi connectivity index (χ1v) is 11.6. The summed E-state index contributed by atoms with van der Waals surface area (Å²) in [7, 11) is 2.11. The Morgan fingerprint density at radius 2 is 2.00 bits per heavy atom. The van der Waals surface area contributed by atoms with E-state index in [4.69, 9.17) is 16.3 Å². The van der Waals surface area contributed by atoms with Crippen LogP contribution in [0.4, 0.5) is 0 Å². The van der Waals surface area contributed by atoms with Gasteiger partial charge in [-0.2, -0.15) is 5.26 Å². The summed E-state index contributed by atoms with van der Waals surface area (Å²) in [4.78, 5) is 15.5. The van der Waals surface area contributed by atoms with Crippen LogP contribution in [0.3, 0.4) is 0 Å². The molecule has 0 saturated carbocycles. The maximum absolute atomic E-state index is 13.2. The summed E-state index contributed by atoms with van der Waals surface area (Å²) in [6.45, 7) is 7.59. The van der Waals surface area contributed by atoms with E-state index in [1.54, 1.807) is 42.5 Å². The summed E-state index contributed by atoms with van der Waals surface area (Å²) >= 11 is 6.43. The Bertz CT molecular complexity index is 1050. The lowest BCUT2D eigenvalue weighted by Gasteiger charge is -2.58. The SMILES string of the molecule is CN1CCC(NC(=O)c2ccc(Oc3ccccc3C#N)c(Cl)c2)C(C)(CCCO)C1(C)C. The van der Waals surface area contributed by atoms with Gasteiger partial charge in [0.05, 0.1) is 10.6 Å². The average molecular weight is 470 g/mol. The Labute approximate surface area is 201 Å². The van der Waals surface area contributed by atoms with Crippen LogP contribution in [0.5, 0.6) is 11.5 Å². The van der Waals surface area contributed by atoms with Crippen molar-refractivity contribution in [2.45, 2.75) is 51.6 Å². The van der Waals surface area contributed by atoms with Crippen LogP contribution in [-0.2, 0) is 0 Å². The van der Waals surface area contributed by atoms with Crippen molar-refractivity contribution in [1.82, 2.24) is 10.2 Å². The molecule has 33 heavy (non-hydrogen) atoms. The van der Waals surface area contributed by atoms with E-state index in [2.05, 4.69) is 44.1 Å². The minimum absolute atomic E-state index is 0.0417. The summed E-state index contributed by atoms with van der Waals surface area (Å²) in [6.07, 6.45) is 2.31. The highest BCUT2D eigenvalue weighted by Crippen LogP contribution is 2.46. The molecule has 1 amide bonds. The number of halogens is 1. The lowest BCUT2D eigenvalue weighted by atomic mass is 9.61. The van der Waals surface area contributed by atoms with E-state index in [0.717, 1.165) is 19.4 Å². The molecule has 0 spiro atoms. The highest BCUT2D eigenvalue weighted by atomic mass is 35.5. The van der Waals surface area contributed by atoms with E-state index >= 15 is 0 Å². The Morgan fingerprint density at radius 3 is 2.67 bits per heavy atom. The van der Waals surface area contributed by atoms with Crippen LogP contribution in [-0.4, -0.2) is 47.7 Å². The molecular formula is C26H32ClN3O3. The summed E-state index contributed by atoms with van der Waals surface area (Å²) < 4.78 is 5.82. The van der Waals surface area contributed by atoms with Crippen molar-refractivity contribution < 1.29 is 14.6 Å². The third-order valence-corrected chi connectivity index (χ3v) is 7.75. The van der Waals surface area contributed by atoms with Gasteiger partial charge in [-0.15, -0.1) is 0 Å². The second-order valence-electron chi connectivity index (χ2n) is 9.40. The number of aliphatic hydroxyl groups is 1. The smallest absolute Gasteiger partial charge is 0.251 e. The summed E-state index contributed by atoms with van der Waals surface area (Å²) in [5.41, 5.74) is 0.484. The summed E-state index contributed by atoms with van der Waals surface area (Å²) in [5.74, 6) is 0.595. The zero-order valence-corrected chi connectivity index (χ0v) is 20.4. The van der Waals surface area contributed by atoms with Gasteiger partial charge < -0.3 is 20.1 Å². The van der Waals surface area contributed by atoms with Crippen molar-refractivity contribution in [3.8, 4) is 17.6 Å². The fraction of sp³-hybridized carbons (Fsp3) is 0.462. The average Bonchev–Trinajstić information content (AvgIpc) is 2.80. The number of likely N-dealkylation sites (tertiary alicyclic amines) is 1. The van der Waals surface area contributed by atoms with E-state index in [1.165, 1.54) is 0 Å². The second kappa shape index (κ2) is 10.1. The molecule has 0 aliphatic carbocycles. The van der Waals surface area contributed by atoms with E-state index in [1.807, 2.05) is 0 Å². The number of rotatable bonds is 7. The molecule has 2 unspecified atom stereocenters. The number of piperidine rings is 1. The van der Waals surface area contributed by atoms with Gasteiger partial charge in [-0.05, 0) is 70.5 Å². The molecule has 3 rings (SSSR count). The minimum atomic E-state index is -0.216. The third kappa shape index (κ3) is 5.01. The molecule has 1 aliphatic rings. The fourth-order valence-electron chi connectivity index (χ4n) is 4.67. The van der Waals surface area contributed by atoms with Crippen molar-refractivity contribution >= 4 is 17.5 Å². The van der Waals surface area contributed by atoms with Crippen molar-refractivity contribution in [2.75, 3.05) is 20.2 Å². The van der Waals surface area contributed by atoms with Crippen LogP contribution in [0.2, 0.25) is 5.02 Å². The van der Waals surface area contributed by atoms with Crippen LogP contribution in [0.15, 0.2) is 42.5 Å². The molecule has 1 saturated heterocycles. The molecule has 0 radical (unpaired) electrons. The minimum Gasteiger partial charge on any atom is -0.454 e. The van der Waals surface area contributed by atoms with Gasteiger partial charge in [0.15, 0.2) is 0 Å². The molecule has 2 aromatic carbocycles. The molecule has 176 valence electrons. The van der Waals surface area contributed by atoms with Crippen molar-refractivity contribution in [2.24, 2.45) is 5.41 Å². The van der Waals surface area contributed by atoms with Gasteiger partial charge in [0.25, 0.3) is 5.91 Å². The standard InChI is InChI=1S/C26H32ClN3O3/c1-25(2)26(3,13-7-15-31)23(12-14-30(25)4)29-24(32)18-10-11-22(20(27)16-18)33-21-9-6-5-8-19(21)17-28/h5-6,8-11,16,23,31H,7,12-15H2,1-4H3,(H,29,32). The number of nitriles is 1. The van der Waals surface area contributed by atoms with E-state index < -0.39 is 0 Å². The predicted octanol–water partition coefficient (Wildman–Crippen LogP) is 5.00. The van der Waals surface area contributed by atoms with Gasteiger partial charge >= 0.3 is 0 Å². The topological polar surface area (TPSA) is 85.6 Å². The maximum Gasteiger partial charge on any atom is 0.251 e. The Morgan fingerprint density at radius 1 is 1.27 bits per heavy atom. The van der Waals surface area contributed by atoms with Gasteiger partial charge in [0.2, 0.25) is 0 Å². The lowest BCUT2D eigenvalue weighted by molar-refractivity contribution is -0.0561. The number of carbonyl (C=O) groups is 1. The van der Waals surface area contributed by atoms with Gasteiger partial charge in [-0.25, -0.2) is 0 Å². The molecule has 6 nitrogen and oxygen atoms in total. The highest BCUT2D eigenvalue weighted by molar-refractivity contribution is 6.32. The predicted molar refractivity (Wildman–Crippen MR) is 130 cm³/mol. The number of hydrogen-bond donors (Lipinski definition) is 2. The van der Waals surface area contributed by atoms with Gasteiger partial charge in [-0.1, -0.05) is 30.7 Å². The molecule has 2 N–H and O–H groups in total. The van der Waals surface area contributed by atoms with E-state index in [9.17, 15) is 15.2 Å². The normalized spacial score (nSPS) is 22.4. The molecule has 1 fully saturated rings. The number of aliphatic hydroxyl groups excluding tert-OH is 1. The number of carbonyl (C=O) groups excluding carboxylic acids is 1. The first kappa shape index (κ1) is 25.0. The summed E-state index contributed by atoms with van der Waals surface area (Å²) in [6, 6.07) is 13.9. The maximum atomic E-state index is 13.2. The molecule has 1 heterocycles. The summed E-state index contributed by atoms with van der Waals surface area (Å²) in [5, 5.41) is 22.2. The number of para-hydroxylation sites is 1. The Hall–Kier alpha value is -2.59. The van der Waals surface area contributed by atoms with Gasteiger partial charge in [-0.3, -0.25) is 4.79 Å². The van der Waals surface area contributed by atoms with Crippen molar-refractivity contribution in [3.63, 3.8) is 0 Å². The molecule has 2 atom stereocenters. The molecular weight excluding hydrogens is 438 g/mol. The number of hydrogen-bond acceptors (Lipinski definition) is 5. The van der Waals surface area contributed by atoms with Gasteiger partial charge in [0.1, 0.15) is 17.6 Å². The lowest BCUT2D eigenvalue weighted by Crippen LogP contribution is -2.66. The molecule has 0 aromatic heterocycles. The zero-order valence-electron chi connectivity index (χ0n) is 19.7. The van der Waals surface area contributed by atoms with E-state index in [-0.39, 0.29) is 29.5 Å². The molecule has 7 heteroatoms. The van der Waals surface area contributed by atoms with Crippen LogP contribution in [0, 0.1) is 16.7 Å². The zero-order chi connectivity index (χ0) is 24.2. The van der Waals surface area contributed by atoms with E-state index in [0.29, 0.717) is 34.1 Å². The fourth-order valence-corrected chi connectivity index (χ4v) is 4.89.